The Morgan fingerprint density at radius 1 is 1.20 bits per heavy atom. The summed E-state index contributed by atoms with van der Waals surface area (Å²) < 4.78 is 0.973. The number of hydrogen-bond acceptors (Lipinski definition) is 2. The molecule has 2 N–H and O–H groups in total. The summed E-state index contributed by atoms with van der Waals surface area (Å²) in [6, 6.07) is 13.0. The molecule has 0 atom stereocenters. The third kappa shape index (κ3) is 3.99. The van der Waals surface area contributed by atoms with E-state index in [4.69, 9.17) is 11.6 Å². The summed E-state index contributed by atoms with van der Waals surface area (Å²) >= 11 is 9.44. The van der Waals surface area contributed by atoms with Gasteiger partial charge < -0.3 is 10.6 Å². The molecule has 0 radical (unpaired) electrons. The van der Waals surface area contributed by atoms with Crippen LogP contribution >= 0.6 is 27.5 Å². The summed E-state index contributed by atoms with van der Waals surface area (Å²) in [6.45, 7) is 2.11. The maximum absolute atomic E-state index is 11.9. The van der Waals surface area contributed by atoms with Crippen molar-refractivity contribution in [2.24, 2.45) is 0 Å². The average molecular weight is 354 g/mol. The number of amides is 1. The Morgan fingerprint density at radius 3 is 2.55 bits per heavy atom. The topological polar surface area (TPSA) is 41.1 Å². The molecule has 0 aliphatic rings. The number of rotatable bonds is 4. The molecular formula is C15H14BrClN2O. The van der Waals surface area contributed by atoms with Crippen LogP contribution in [0.4, 0.5) is 11.4 Å². The molecule has 0 spiro atoms. The summed E-state index contributed by atoms with van der Waals surface area (Å²) in [5.41, 5.74) is 2.56. The molecule has 2 rings (SSSR count). The fourth-order valence-electron chi connectivity index (χ4n) is 1.76. The summed E-state index contributed by atoms with van der Waals surface area (Å²) in [5.74, 6) is -0.119. The Labute approximate surface area is 131 Å². The standard InChI is InChI=1S/C15H14BrClN2O/c1-10-3-2-4-13(17)15(10)18-9-14(20)19-12-7-5-11(16)6-8-12/h2-8,18H,9H2,1H3,(H,19,20). The van der Waals surface area contributed by atoms with Crippen molar-refractivity contribution in [3.63, 3.8) is 0 Å². The van der Waals surface area contributed by atoms with Gasteiger partial charge in [-0.3, -0.25) is 4.79 Å². The fraction of sp³-hybridized carbons (Fsp3) is 0.133. The lowest BCUT2D eigenvalue weighted by atomic mass is 10.2. The number of aryl methyl sites for hydroxylation is 1. The molecule has 0 saturated heterocycles. The van der Waals surface area contributed by atoms with Crippen molar-refractivity contribution in [1.82, 2.24) is 0 Å². The van der Waals surface area contributed by atoms with Crippen molar-refractivity contribution in [3.05, 3.63) is 57.5 Å². The van der Waals surface area contributed by atoms with Crippen molar-refractivity contribution >= 4 is 44.8 Å². The van der Waals surface area contributed by atoms with Gasteiger partial charge in [-0.2, -0.15) is 0 Å². The highest BCUT2D eigenvalue weighted by molar-refractivity contribution is 9.10. The van der Waals surface area contributed by atoms with Gasteiger partial charge in [0.25, 0.3) is 0 Å². The number of halogens is 2. The van der Waals surface area contributed by atoms with Crippen LogP contribution in [0.25, 0.3) is 0 Å². The minimum Gasteiger partial charge on any atom is -0.375 e. The van der Waals surface area contributed by atoms with Gasteiger partial charge in [0.1, 0.15) is 0 Å². The molecule has 20 heavy (non-hydrogen) atoms. The van der Waals surface area contributed by atoms with E-state index in [1.165, 1.54) is 0 Å². The van der Waals surface area contributed by atoms with E-state index in [1.54, 1.807) is 6.07 Å². The molecule has 0 fully saturated rings. The Hall–Kier alpha value is -1.52. The molecule has 0 aliphatic heterocycles. The summed E-state index contributed by atoms with van der Waals surface area (Å²) in [5, 5.41) is 6.48. The van der Waals surface area contributed by atoms with Crippen LogP contribution in [0.3, 0.4) is 0 Å². The molecule has 3 nitrogen and oxygen atoms in total. The van der Waals surface area contributed by atoms with Gasteiger partial charge in [-0.1, -0.05) is 39.7 Å². The maximum atomic E-state index is 11.9. The van der Waals surface area contributed by atoms with E-state index in [-0.39, 0.29) is 12.5 Å². The van der Waals surface area contributed by atoms with Gasteiger partial charge >= 0.3 is 0 Å². The van der Waals surface area contributed by atoms with E-state index < -0.39 is 0 Å². The Bertz CT molecular complexity index is 594. The van der Waals surface area contributed by atoms with Crippen LogP contribution in [0.1, 0.15) is 5.56 Å². The summed E-state index contributed by atoms with van der Waals surface area (Å²) in [6.07, 6.45) is 0. The molecule has 0 saturated carbocycles. The average Bonchev–Trinajstić information content (AvgIpc) is 2.41. The second kappa shape index (κ2) is 6.77. The highest BCUT2D eigenvalue weighted by Crippen LogP contribution is 2.24. The quantitative estimate of drug-likeness (QED) is 0.852. The van der Waals surface area contributed by atoms with Gasteiger partial charge in [-0.05, 0) is 42.8 Å². The van der Waals surface area contributed by atoms with E-state index >= 15 is 0 Å². The van der Waals surface area contributed by atoms with E-state index in [0.29, 0.717) is 5.02 Å². The first-order valence-corrected chi connectivity index (χ1v) is 7.28. The molecular weight excluding hydrogens is 340 g/mol. The molecule has 5 heteroatoms. The van der Waals surface area contributed by atoms with Gasteiger partial charge in [0.2, 0.25) is 5.91 Å². The zero-order valence-corrected chi connectivity index (χ0v) is 13.3. The van der Waals surface area contributed by atoms with Crippen LogP contribution < -0.4 is 10.6 Å². The first-order chi connectivity index (χ1) is 9.56. The van der Waals surface area contributed by atoms with Crippen LogP contribution in [-0.2, 0) is 4.79 Å². The number of para-hydroxylation sites is 1. The second-order valence-corrected chi connectivity index (χ2v) is 5.66. The predicted octanol–water partition coefficient (Wildman–Crippen LogP) is 4.46. The monoisotopic (exact) mass is 352 g/mol. The summed E-state index contributed by atoms with van der Waals surface area (Å²) in [4.78, 5) is 11.9. The Kier molecular flexibility index (Phi) is 5.04. The third-order valence-electron chi connectivity index (χ3n) is 2.78. The molecule has 0 unspecified atom stereocenters. The highest BCUT2D eigenvalue weighted by atomic mass is 79.9. The lowest BCUT2D eigenvalue weighted by Crippen LogP contribution is -2.22. The number of carbonyl (C=O) groups is 1. The predicted molar refractivity (Wildman–Crippen MR) is 87.5 cm³/mol. The van der Waals surface area contributed by atoms with Crippen molar-refractivity contribution < 1.29 is 4.79 Å². The number of carbonyl (C=O) groups excluding carboxylic acids is 1. The van der Waals surface area contributed by atoms with E-state index in [1.807, 2.05) is 43.3 Å². The highest BCUT2D eigenvalue weighted by Gasteiger charge is 2.06. The van der Waals surface area contributed by atoms with Crippen molar-refractivity contribution in [3.8, 4) is 0 Å². The summed E-state index contributed by atoms with van der Waals surface area (Å²) in [7, 11) is 0. The smallest absolute Gasteiger partial charge is 0.243 e. The molecule has 2 aromatic carbocycles. The van der Waals surface area contributed by atoms with Gasteiger partial charge in [0.05, 0.1) is 17.3 Å². The van der Waals surface area contributed by atoms with Gasteiger partial charge in [0.15, 0.2) is 0 Å². The van der Waals surface area contributed by atoms with Crippen LogP contribution in [0.2, 0.25) is 5.02 Å². The molecule has 2 aromatic rings. The van der Waals surface area contributed by atoms with Gasteiger partial charge in [-0.15, -0.1) is 0 Å². The largest absolute Gasteiger partial charge is 0.375 e. The zero-order valence-electron chi connectivity index (χ0n) is 10.9. The molecule has 0 aliphatic carbocycles. The molecule has 104 valence electrons. The zero-order chi connectivity index (χ0) is 14.5. The minimum absolute atomic E-state index is 0.119. The van der Waals surface area contributed by atoms with Crippen LogP contribution in [0.5, 0.6) is 0 Å². The molecule has 0 bridgehead atoms. The SMILES string of the molecule is Cc1cccc(Cl)c1NCC(=O)Nc1ccc(Br)cc1. The molecule has 0 aromatic heterocycles. The lowest BCUT2D eigenvalue weighted by molar-refractivity contribution is -0.114. The Morgan fingerprint density at radius 2 is 1.90 bits per heavy atom. The van der Waals surface area contributed by atoms with Gasteiger partial charge in [0, 0.05) is 10.2 Å². The first-order valence-electron chi connectivity index (χ1n) is 6.10. The van der Waals surface area contributed by atoms with Crippen LogP contribution in [0.15, 0.2) is 46.9 Å². The van der Waals surface area contributed by atoms with Crippen LogP contribution in [-0.4, -0.2) is 12.5 Å². The van der Waals surface area contributed by atoms with Crippen molar-refractivity contribution in [2.75, 3.05) is 17.2 Å². The second-order valence-electron chi connectivity index (χ2n) is 4.34. The normalized spacial score (nSPS) is 10.2. The first kappa shape index (κ1) is 14.9. The Balaban J connectivity index is 1.94. The van der Waals surface area contributed by atoms with E-state index in [0.717, 1.165) is 21.4 Å². The van der Waals surface area contributed by atoms with E-state index in [9.17, 15) is 4.79 Å². The fourth-order valence-corrected chi connectivity index (χ4v) is 2.32. The molecule has 0 heterocycles. The lowest BCUT2D eigenvalue weighted by Gasteiger charge is -2.11. The number of nitrogens with one attached hydrogen (secondary N) is 2. The van der Waals surface area contributed by atoms with Crippen molar-refractivity contribution in [2.45, 2.75) is 6.92 Å². The van der Waals surface area contributed by atoms with E-state index in [2.05, 4.69) is 26.6 Å². The number of benzene rings is 2. The van der Waals surface area contributed by atoms with Gasteiger partial charge in [-0.25, -0.2) is 0 Å². The molecule has 1 amide bonds. The van der Waals surface area contributed by atoms with Crippen molar-refractivity contribution in [1.29, 1.82) is 0 Å². The maximum Gasteiger partial charge on any atom is 0.243 e. The third-order valence-corrected chi connectivity index (χ3v) is 3.62. The van der Waals surface area contributed by atoms with Crippen LogP contribution in [0, 0.1) is 6.92 Å². The number of hydrogen-bond donors (Lipinski definition) is 2. The number of anilines is 2. The minimum atomic E-state index is -0.119.